The van der Waals surface area contributed by atoms with Crippen LogP contribution in [-0.2, 0) is 14.3 Å². The third-order valence-corrected chi connectivity index (χ3v) is 2.75. The van der Waals surface area contributed by atoms with Crippen LogP contribution >= 0.6 is 11.8 Å². The molecule has 0 aromatic heterocycles. The lowest BCUT2D eigenvalue weighted by Crippen LogP contribution is -2.32. The van der Waals surface area contributed by atoms with E-state index in [0.29, 0.717) is 26.2 Å². The molecular weight excluding hydrogens is 230 g/mol. The lowest BCUT2D eigenvalue weighted by molar-refractivity contribution is -0.144. The van der Waals surface area contributed by atoms with Gasteiger partial charge in [-0.05, 0) is 19.1 Å². The molecular formula is C10H21NO4S. The highest BCUT2D eigenvalue weighted by molar-refractivity contribution is 7.99. The quantitative estimate of drug-likeness (QED) is 0.420. The van der Waals surface area contributed by atoms with Crippen molar-refractivity contribution in [1.82, 2.24) is 0 Å². The Labute approximate surface area is 101 Å². The van der Waals surface area contributed by atoms with Gasteiger partial charge in [0, 0.05) is 5.75 Å². The molecule has 96 valence electrons. The van der Waals surface area contributed by atoms with Crippen LogP contribution in [0.5, 0.6) is 0 Å². The predicted octanol–water partition coefficient (Wildman–Crippen LogP) is 0.00900. The molecule has 0 aliphatic rings. The fraction of sp³-hybridized carbons (Fsp3) is 0.900. The number of aliphatic hydroxyl groups is 1. The van der Waals surface area contributed by atoms with Crippen molar-refractivity contribution in [2.45, 2.75) is 19.4 Å². The van der Waals surface area contributed by atoms with Crippen molar-refractivity contribution < 1.29 is 19.4 Å². The van der Waals surface area contributed by atoms with E-state index in [1.807, 2.05) is 0 Å². The van der Waals surface area contributed by atoms with Crippen LogP contribution in [0.4, 0.5) is 0 Å². The number of hydrogen-bond acceptors (Lipinski definition) is 6. The topological polar surface area (TPSA) is 81.8 Å². The molecule has 0 radical (unpaired) electrons. The molecule has 0 aromatic carbocycles. The second kappa shape index (κ2) is 11.2. The van der Waals surface area contributed by atoms with Gasteiger partial charge in [0.25, 0.3) is 0 Å². The van der Waals surface area contributed by atoms with E-state index in [1.54, 1.807) is 18.7 Å². The Balaban J connectivity index is 3.27. The van der Waals surface area contributed by atoms with Gasteiger partial charge in [-0.3, -0.25) is 4.79 Å². The first-order valence-corrected chi connectivity index (χ1v) is 6.56. The molecule has 16 heavy (non-hydrogen) atoms. The third kappa shape index (κ3) is 8.96. The van der Waals surface area contributed by atoms with Crippen molar-refractivity contribution >= 4 is 17.7 Å². The maximum Gasteiger partial charge on any atom is 0.322 e. The van der Waals surface area contributed by atoms with Crippen molar-refractivity contribution in [3.05, 3.63) is 0 Å². The molecule has 0 aliphatic carbocycles. The summed E-state index contributed by atoms with van der Waals surface area (Å²) in [6.45, 7) is 3.17. The van der Waals surface area contributed by atoms with Gasteiger partial charge in [-0.15, -0.1) is 0 Å². The Morgan fingerprint density at radius 3 is 2.81 bits per heavy atom. The number of ether oxygens (including phenoxy) is 2. The highest BCUT2D eigenvalue weighted by atomic mass is 32.2. The molecule has 1 unspecified atom stereocenters. The van der Waals surface area contributed by atoms with Gasteiger partial charge in [-0.1, -0.05) is 0 Å². The molecule has 0 saturated heterocycles. The maximum absolute atomic E-state index is 11.1. The molecule has 1 atom stereocenters. The number of aliphatic hydroxyl groups excluding tert-OH is 1. The first kappa shape index (κ1) is 15.7. The predicted molar refractivity (Wildman–Crippen MR) is 64.5 cm³/mol. The highest BCUT2D eigenvalue weighted by Crippen LogP contribution is 2.04. The molecule has 0 heterocycles. The van der Waals surface area contributed by atoms with E-state index in [0.717, 1.165) is 11.5 Å². The Morgan fingerprint density at radius 1 is 1.44 bits per heavy atom. The van der Waals surface area contributed by atoms with E-state index in [-0.39, 0.29) is 12.6 Å². The first-order valence-electron chi connectivity index (χ1n) is 5.41. The minimum Gasteiger partial charge on any atom is -0.465 e. The molecule has 0 fully saturated rings. The largest absolute Gasteiger partial charge is 0.465 e. The van der Waals surface area contributed by atoms with Gasteiger partial charge < -0.3 is 20.3 Å². The molecule has 0 amide bonds. The fourth-order valence-corrected chi connectivity index (χ4v) is 1.82. The summed E-state index contributed by atoms with van der Waals surface area (Å²) in [6, 6.07) is -0.522. The van der Waals surface area contributed by atoms with Gasteiger partial charge in [0.05, 0.1) is 26.4 Å². The number of carbonyl (C=O) groups is 1. The SMILES string of the molecule is CCOC(=O)C(N)CCSCCOCCO. The van der Waals surface area contributed by atoms with Crippen molar-refractivity contribution in [2.75, 3.05) is 37.9 Å². The van der Waals surface area contributed by atoms with Crippen LogP contribution in [0.25, 0.3) is 0 Å². The number of thioether (sulfide) groups is 1. The first-order chi connectivity index (χ1) is 7.72. The van der Waals surface area contributed by atoms with Crippen molar-refractivity contribution in [2.24, 2.45) is 5.73 Å². The van der Waals surface area contributed by atoms with Gasteiger partial charge >= 0.3 is 5.97 Å². The molecule has 0 aliphatic heterocycles. The Morgan fingerprint density at radius 2 is 2.19 bits per heavy atom. The monoisotopic (exact) mass is 251 g/mol. The van der Waals surface area contributed by atoms with E-state index in [9.17, 15) is 4.79 Å². The molecule has 0 aromatic rings. The lowest BCUT2D eigenvalue weighted by atomic mass is 10.2. The zero-order chi connectivity index (χ0) is 12.2. The summed E-state index contributed by atoms with van der Waals surface area (Å²) in [7, 11) is 0. The van der Waals surface area contributed by atoms with Crippen LogP contribution in [0.1, 0.15) is 13.3 Å². The van der Waals surface area contributed by atoms with Crippen LogP contribution in [0.2, 0.25) is 0 Å². The molecule has 0 rings (SSSR count). The number of hydrogen-bond donors (Lipinski definition) is 2. The Bertz CT molecular complexity index is 180. The van der Waals surface area contributed by atoms with Gasteiger partial charge in [0.1, 0.15) is 6.04 Å². The number of esters is 1. The summed E-state index contributed by atoms with van der Waals surface area (Å²) in [5.74, 6) is 1.32. The van der Waals surface area contributed by atoms with E-state index in [2.05, 4.69) is 0 Å². The van der Waals surface area contributed by atoms with Crippen LogP contribution in [0, 0.1) is 0 Å². The van der Waals surface area contributed by atoms with Crippen molar-refractivity contribution in [3.8, 4) is 0 Å². The molecule has 0 saturated carbocycles. The van der Waals surface area contributed by atoms with Crippen LogP contribution in [-0.4, -0.2) is 55.1 Å². The van der Waals surface area contributed by atoms with Crippen LogP contribution in [0.3, 0.4) is 0 Å². The molecule has 3 N–H and O–H groups in total. The zero-order valence-electron chi connectivity index (χ0n) is 9.68. The van der Waals surface area contributed by atoms with Gasteiger partial charge in [-0.25, -0.2) is 0 Å². The Kier molecular flexibility index (Phi) is 11.0. The molecule has 0 bridgehead atoms. The smallest absolute Gasteiger partial charge is 0.322 e. The second-order valence-corrected chi connectivity index (χ2v) is 4.32. The standard InChI is InChI=1S/C10H21NO4S/c1-2-15-10(13)9(11)3-7-16-8-6-14-5-4-12/h9,12H,2-8,11H2,1H3. The Hall–Kier alpha value is -0.300. The van der Waals surface area contributed by atoms with Gasteiger partial charge in [0.2, 0.25) is 0 Å². The number of nitrogens with two attached hydrogens (primary N) is 1. The number of rotatable bonds is 10. The summed E-state index contributed by atoms with van der Waals surface area (Å²) in [6.07, 6.45) is 0.615. The van der Waals surface area contributed by atoms with E-state index in [1.165, 1.54) is 0 Å². The maximum atomic E-state index is 11.1. The second-order valence-electron chi connectivity index (χ2n) is 3.10. The van der Waals surface area contributed by atoms with Gasteiger partial charge in [-0.2, -0.15) is 11.8 Å². The summed E-state index contributed by atoms with van der Waals surface area (Å²) < 4.78 is 9.87. The van der Waals surface area contributed by atoms with E-state index < -0.39 is 6.04 Å². The van der Waals surface area contributed by atoms with Crippen LogP contribution in [0.15, 0.2) is 0 Å². The molecule has 5 nitrogen and oxygen atoms in total. The molecule has 0 spiro atoms. The zero-order valence-corrected chi connectivity index (χ0v) is 10.5. The van der Waals surface area contributed by atoms with E-state index >= 15 is 0 Å². The fourth-order valence-electron chi connectivity index (χ4n) is 0.964. The summed E-state index contributed by atoms with van der Waals surface area (Å²) in [5, 5.41) is 8.45. The van der Waals surface area contributed by atoms with Gasteiger partial charge in [0.15, 0.2) is 0 Å². The minimum absolute atomic E-state index is 0.0540. The highest BCUT2D eigenvalue weighted by Gasteiger charge is 2.13. The van der Waals surface area contributed by atoms with Crippen molar-refractivity contribution in [1.29, 1.82) is 0 Å². The average Bonchev–Trinajstić information content (AvgIpc) is 2.28. The average molecular weight is 251 g/mol. The normalized spacial score (nSPS) is 12.4. The summed E-state index contributed by atoms with van der Waals surface area (Å²) in [5.41, 5.74) is 5.61. The summed E-state index contributed by atoms with van der Waals surface area (Å²) >= 11 is 1.67. The lowest BCUT2D eigenvalue weighted by Gasteiger charge is -2.09. The minimum atomic E-state index is -0.522. The number of carbonyl (C=O) groups excluding carboxylic acids is 1. The van der Waals surface area contributed by atoms with Crippen molar-refractivity contribution in [3.63, 3.8) is 0 Å². The molecule has 6 heteroatoms. The van der Waals surface area contributed by atoms with Crippen LogP contribution < -0.4 is 5.73 Å². The third-order valence-electron chi connectivity index (χ3n) is 1.77. The van der Waals surface area contributed by atoms with E-state index in [4.69, 9.17) is 20.3 Å². The summed E-state index contributed by atoms with van der Waals surface area (Å²) in [4.78, 5) is 11.1.